The first kappa shape index (κ1) is 15.9. The van der Waals surface area contributed by atoms with E-state index in [1.807, 2.05) is 0 Å². The van der Waals surface area contributed by atoms with E-state index in [4.69, 9.17) is 5.11 Å². The molecule has 1 aliphatic rings. The SMILES string of the molecule is Cc1ccc(S(=O)(=O)N2CCCC(C)(O)C2)cc1C(=O)O. The third-order valence-electron chi connectivity index (χ3n) is 3.72. The molecule has 0 spiro atoms. The van der Waals surface area contributed by atoms with E-state index in [9.17, 15) is 18.3 Å². The molecule has 116 valence electrons. The number of aryl methyl sites for hydroxylation is 1. The average Bonchev–Trinajstić information content (AvgIpc) is 2.37. The van der Waals surface area contributed by atoms with Crippen LogP contribution in [0.25, 0.3) is 0 Å². The summed E-state index contributed by atoms with van der Waals surface area (Å²) >= 11 is 0. The number of carboxylic acids is 1. The van der Waals surface area contributed by atoms with Crippen molar-refractivity contribution in [3.8, 4) is 0 Å². The smallest absolute Gasteiger partial charge is 0.335 e. The molecule has 1 fully saturated rings. The van der Waals surface area contributed by atoms with Crippen molar-refractivity contribution >= 4 is 16.0 Å². The Morgan fingerprint density at radius 1 is 1.38 bits per heavy atom. The molecule has 0 radical (unpaired) electrons. The first-order valence-corrected chi connectivity index (χ1v) is 8.14. The van der Waals surface area contributed by atoms with E-state index in [0.29, 0.717) is 24.9 Å². The Hall–Kier alpha value is -1.44. The van der Waals surface area contributed by atoms with Gasteiger partial charge in [0.15, 0.2) is 0 Å². The third kappa shape index (κ3) is 3.25. The second kappa shape index (κ2) is 5.40. The van der Waals surface area contributed by atoms with E-state index in [-0.39, 0.29) is 17.0 Å². The zero-order valence-corrected chi connectivity index (χ0v) is 12.9. The lowest BCUT2D eigenvalue weighted by molar-refractivity contribution is 0.00939. The lowest BCUT2D eigenvalue weighted by Crippen LogP contribution is -2.48. The molecule has 2 N–H and O–H groups in total. The molecule has 21 heavy (non-hydrogen) atoms. The van der Waals surface area contributed by atoms with Crippen LogP contribution >= 0.6 is 0 Å². The van der Waals surface area contributed by atoms with Crippen molar-refractivity contribution in [2.45, 2.75) is 37.2 Å². The lowest BCUT2D eigenvalue weighted by atomic mass is 9.97. The van der Waals surface area contributed by atoms with Crippen molar-refractivity contribution in [3.63, 3.8) is 0 Å². The van der Waals surface area contributed by atoms with Crippen molar-refractivity contribution in [3.05, 3.63) is 29.3 Å². The number of β-amino-alcohol motifs (C(OH)–C–C–N with tert-alkyl or cyclic N) is 1. The van der Waals surface area contributed by atoms with Gasteiger partial charge in [0, 0.05) is 13.1 Å². The molecule has 0 saturated carbocycles. The fraction of sp³-hybridized carbons (Fsp3) is 0.500. The fourth-order valence-corrected chi connectivity index (χ4v) is 4.14. The van der Waals surface area contributed by atoms with Crippen molar-refractivity contribution in [2.24, 2.45) is 0 Å². The van der Waals surface area contributed by atoms with Gasteiger partial charge in [-0.05, 0) is 44.4 Å². The van der Waals surface area contributed by atoms with Crippen LogP contribution in [0.4, 0.5) is 0 Å². The Morgan fingerprint density at radius 2 is 2.05 bits per heavy atom. The van der Waals surface area contributed by atoms with Crippen molar-refractivity contribution in [2.75, 3.05) is 13.1 Å². The van der Waals surface area contributed by atoms with E-state index >= 15 is 0 Å². The summed E-state index contributed by atoms with van der Waals surface area (Å²) in [4.78, 5) is 11.1. The maximum absolute atomic E-state index is 12.6. The molecule has 2 rings (SSSR count). The topological polar surface area (TPSA) is 94.9 Å². The normalized spacial score (nSPS) is 24.0. The second-order valence-electron chi connectivity index (χ2n) is 5.72. The number of aromatic carboxylic acids is 1. The Morgan fingerprint density at radius 3 is 2.62 bits per heavy atom. The highest BCUT2D eigenvalue weighted by Gasteiger charge is 2.35. The minimum absolute atomic E-state index is 0.0195. The monoisotopic (exact) mass is 313 g/mol. The number of hydrogen-bond acceptors (Lipinski definition) is 4. The molecular weight excluding hydrogens is 294 g/mol. The van der Waals surface area contributed by atoms with Gasteiger partial charge in [-0.1, -0.05) is 6.07 Å². The number of benzene rings is 1. The van der Waals surface area contributed by atoms with Crippen molar-refractivity contribution in [1.82, 2.24) is 4.31 Å². The van der Waals surface area contributed by atoms with Gasteiger partial charge in [0.05, 0.1) is 16.1 Å². The predicted octanol–water partition coefficient (Wildman–Crippen LogP) is 1.23. The van der Waals surface area contributed by atoms with E-state index < -0.39 is 21.6 Å². The molecule has 1 aromatic carbocycles. The number of carboxylic acid groups (broad SMARTS) is 1. The molecule has 1 heterocycles. The molecule has 0 bridgehead atoms. The fourth-order valence-electron chi connectivity index (χ4n) is 2.52. The Balaban J connectivity index is 2.40. The van der Waals surface area contributed by atoms with Gasteiger partial charge in [-0.2, -0.15) is 4.31 Å². The second-order valence-corrected chi connectivity index (χ2v) is 7.66. The van der Waals surface area contributed by atoms with Crippen LogP contribution in [0.3, 0.4) is 0 Å². The van der Waals surface area contributed by atoms with Crippen LogP contribution < -0.4 is 0 Å². The zero-order chi connectivity index (χ0) is 15.8. The lowest BCUT2D eigenvalue weighted by Gasteiger charge is -2.36. The zero-order valence-electron chi connectivity index (χ0n) is 12.0. The summed E-state index contributed by atoms with van der Waals surface area (Å²) in [7, 11) is -3.80. The van der Waals surface area contributed by atoms with Crippen LogP contribution in [0.1, 0.15) is 35.7 Å². The summed E-state index contributed by atoms with van der Waals surface area (Å²) in [6, 6.07) is 4.06. The number of rotatable bonds is 3. The maximum atomic E-state index is 12.6. The van der Waals surface area contributed by atoms with Crippen LogP contribution in [0.2, 0.25) is 0 Å². The molecule has 7 heteroatoms. The summed E-state index contributed by atoms with van der Waals surface area (Å²) in [5.74, 6) is -1.16. The standard InChI is InChI=1S/C14H19NO5S/c1-10-4-5-11(8-12(10)13(16)17)21(19,20)15-7-3-6-14(2,18)9-15/h4-5,8,18H,3,6-7,9H2,1-2H3,(H,16,17). The highest BCUT2D eigenvalue weighted by molar-refractivity contribution is 7.89. The summed E-state index contributed by atoms with van der Waals surface area (Å²) in [5.41, 5.74) is -0.571. The van der Waals surface area contributed by atoms with Gasteiger partial charge >= 0.3 is 5.97 Å². The predicted molar refractivity (Wildman–Crippen MR) is 76.8 cm³/mol. The van der Waals surface area contributed by atoms with Gasteiger partial charge < -0.3 is 10.2 Å². The minimum Gasteiger partial charge on any atom is -0.478 e. The highest BCUT2D eigenvalue weighted by Crippen LogP contribution is 2.27. The van der Waals surface area contributed by atoms with Gasteiger partial charge in [0.2, 0.25) is 10.0 Å². The maximum Gasteiger partial charge on any atom is 0.335 e. The Labute approximate surface area is 124 Å². The first-order valence-electron chi connectivity index (χ1n) is 6.70. The average molecular weight is 313 g/mol. The molecule has 6 nitrogen and oxygen atoms in total. The number of carbonyl (C=O) groups is 1. The molecule has 0 aromatic heterocycles. The first-order chi connectivity index (χ1) is 9.63. The molecular formula is C14H19NO5S. The summed E-state index contributed by atoms with van der Waals surface area (Å²) in [6.07, 6.45) is 1.12. The van der Waals surface area contributed by atoms with Crippen molar-refractivity contribution < 1.29 is 23.4 Å². The van der Waals surface area contributed by atoms with Gasteiger partial charge in [-0.15, -0.1) is 0 Å². The minimum atomic E-state index is -3.80. The van der Waals surface area contributed by atoms with Crippen LogP contribution in [0.15, 0.2) is 23.1 Å². The van der Waals surface area contributed by atoms with E-state index in [2.05, 4.69) is 0 Å². The van der Waals surface area contributed by atoms with Gasteiger partial charge in [-0.25, -0.2) is 13.2 Å². The Bertz CT molecular complexity index is 666. The molecule has 1 unspecified atom stereocenters. The number of nitrogens with zero attached hydrogens (tertiary/aromatic N) is 1. The highest BCUT2D eigenvalue weighted by atomic mass is 32.2. The molecule has 1 saturated heterocycles. The molecule has 1 aliphatic heterocycles. The van der Waals surface area contributed by atoms with Crippen LogP contribution in [0, 0.1) is 6.92 Å². The Kier molecular flexibility index (Phi) is 4.10. The van der Waals surface area contributed by atoms with E-state index in [0.717, 1.165) is 0 Å². The molecule has 0 amide bonds. The van der Waals surface area contributed by atoms with Crippen LogP contribution in [-0.2, 0) is 10.0 Å². The summed E-state index contributed by atoms with van der Waals surface area (Å²) < 4.78 is 26.4. The number of piperidine rings is 1. The summed E-state index contributed by atoms with van der Waals surface area (Å²) in [6.45, 7) is 3.57. The van der Waals surface area contributed by atoms with E-state index in [1.54, 1.807) is 13.8 Å². The number of aliphatic hydroxyl groups is 1. The quantitative estimate of drug-likeness (QED) is 0.875. The summed E-state index contributed by atoms with van der Waals surface area (Å²) in [5, 5.41) is 19.1. The van der Waals surface area contributed by atoms with Gasteiger partial charge in [0.1, 0.15) is 0 Å². The van der Waals surface area contributed by atoms with Gasteiger partial charge in [0.25, 0.3) is 0 Å². The third-order valence-corrected chi connectivity index (χ3v) is 5.56. The molecule has 1 aromatic rings. The van der Waals surface area contributed by atoms with Gasteiger partial charge in [-0.3, -0.25) is 0 Å². The number of hydrogen-bond donors (Lipinski definition) is 2. The number of sulfonamides is 1. The van der Waals surface area contributed by atoms with E-state index in [1.165, 1.54) is 22.5 Å². The molecule has 0 aliphatic carbocycles. The van der Waals surface area contributed by atoms with Crippen LogP contribution in [0.5, 0.6) is 0 Å². The van der Waals surface area contributed by atoms with Crippen LogP contribution in [-0.4, -0.2) is 47.6 Å². The largest absolute Gasteiger partial charge is 0.478 e. The molecule has 1 atom stereocenters. The van der Waals surface area contributed by atoms with Crippen molar-refractivity contribution in [1.29, 1.82) is 0 Å².